The molecule has 1 fully saturated rings. The van der Waals surface area contributed by atoms with Gasteiger partial charge in [-0.2, -0.15) is 0 Å². The number of aryl methyl sites for hydroxylation is 2. The Labute approximate surface area is 141 Å². The maximum atomic E-state index is 12.3. The van der Waals surface area contributed by atoms with Gasteiger partial charge < -0.3 is 0 Å². The summed E-state index contributed by atoms with van der Waals surface area (Å²) in [6.07, 6.45) is 3.96. The number of hydrogen-bond acceptors (Lipinski definition) is 5. The molecule has 2 aromatic rings. The minimum Gasteiger partial charge on any atom is -0.299 e. The fourth-order valence-corrected chi connectivity index (χ4v) is 3.72. The van der Waals surface area contributed by atoms with Crippen molar-refractivity contribution in [2.75, 3.05) is 13.1 Å². The van der Waals surface area contributed by atoms with Gasteiger partial charge in [-0.25, -0.2) is 9.97 Å². The quantitative estimate of drug-likeness (QED) is 0.863. The van der Waals surface area contributed by atoms with Crippen molar-refractivity contribution in [1.29, 1.82) is 0 Å². The average molecular weight is 332 g/mol. The van der Waals surface area contributed by atoms with E-state index in [4.69, 9.17) is 0 Å². The average Bonchev–Trinajstić information content (AvgIpc) is 2.95. The van der Waals surface area contributed by atoms with Gasteiger partial charge in [0.25, 0.3) is 5.56 Å². The Morgan fingerprint density at radius 1 is 1.26 bits per heavy atom. The Bertz CT molecular complexity index is 728. The largest absolute Gasteiger partial charge is 0.299 e. The van der Waals surface area contributed by atoms with Crippen molar-refractivity contribution in [2.45, 2.75) is 46.7 Å². The fraction of sp³-hybridized carbons (Fsp3) is 0.588. The van der Waals surface area contributed by atoms with Crippen LogP contribution in [0.3, 0.4) is 0 Å². The Kier molecular flexibility index (Phi) is 4.92. The molecular formula is C17H24N4OS. The van der Waals surface area contributed by atoms with Gasteiger partial charge in [-0.1, -0.05) is 0 Å². The summed E-state index contributed by atoms with van der Waals surface area (Å²) in [7, 11) is 0. The van der Waals surface area contributed by atoms with Crippen LogP contribution in [0.1, 0.15) is 34.8 Å². The second kappa shape index (κ2) is 6.93. The number of likely N-dealkylation sites (tertiary alicyclic amines) is 1. The normalized spacial score (nSPS) is 16.8. The standard InChI is InChI=1S/C17H24N4OS/c1-12-13(2)18-11-21(17(12)22)8-15-4-6-20(7-5-15)9-16-10-23-14(3)19-16/h10-11,15H,4-9H2,1-3H3. The highest BCUT2D eigenvalue weighted by Crippen LogP contribution is 2.20. The molecule has 0 N–H and O–H groups in total. The van der Waals surface area contributed by atoms with Gasteiger partial charge in [0.05, 0.1) is 17.0 Å². The summed E-state index contributed by atoms with van der Waals surface area (Å²) in [5, 5.41) is 3.29. The molecule has 0 radical (unpaired) electrons. The van der Waals surface area contributed by atoms with Gasteiger partial charge in [0, 0.05) is 29.7 Å². The van der Waals surface area contributed by atoms with Crippen LogP contribution in [0.25, 0.3) is 0 Å². The van der Waals surface area contributed by atoms with Gasteiger partial charge in [-0.3, -0.25) is 14.3 Å². The molecule has 1 aliphatic rings. The predicted molar refractivity (Wildman–Crippen MR) is 92.8 cm³/mol. The van der Waals surface area contributed by atoms with Crippen molar-refractivity contribution in [3.8, 4) is 0 Å². The van der Waals surface area contributed by atoms with E-state index in [0.29, 0.717) is 5.92 Å². The Morgan fingerprint density at radius 2 is 2.00 bits per heavy atom. The first kappa shape index (κ1) is 16.3. The molecule has 3 heterocycles. The fourth-order valence-electron chi connectivity index (χ4n) is 3.12. The zero-order chi connectivity index (χ0) is 16.4. The molecule has 0 spiro atoms. The summed E-state index contributed by atoms with van der Waals surface area (Å²) in [5.74, 6) is 0.560. The highest BCUT2D eigenvalue weighted by molar-refractivity contribution is 7.09. The number of hydrogen-bond donors (Lipinski definition) is 0. The summed E-state index contributed by atoms with van der Waals surface area (Å²) in [4.78, 5) is 23.6. The third-order valence-electron chi connectivity index (χ3n) is 4.73. The molecular weight excluding hydrogens is 308 g/mol. The van der Waals surface area contributed by atoms with E-state index in [-0.39, 0.29) is 5.56 Å². The smallest absolute Gasteiger partial charge is 0.256 e. The lowest BCUT2D eigenvalue weighted by atomic mass is 9.96. The molecule has 2 aromatic heterocycles. The Morgan fingerprint density at radius 3 is 2.65 bits per heavy atom. The lowest BCUT2D eigenvalue weighted by molar-refractivity contribution is 0.165. The van der Waals surface area contributed by atoms with Gasteiger partial charge in [-0.05, 0) is 52.6 Å². The van der Waals surface area contributed by atoms with E-state index in [1.54, 1.807) is 22.2 Å². The van der Waals surface area contributed by atoms with Crippen LogP contribution in [0.2, 0.25) is 0 Å². The van der Waals surface area contributed by atoms with Crippen LogP contribution in [-0.2, 0) is 13.1 Å². The van der Waals surface area contributed by atoms with Crippen LogP contribution in [0.15, 0.2) is 16.5 Å². The summed E-state index contributed by atoms with van der Waals surface area (Å²) >= 11 is 1.72. The summed E-state index contributed by atoms with van der Waals surface area (Å²) in [5.41, 5.74) is 2.89. The first-order chi connectivity index (χ1) is 11.0. The van der Waals surface area contributed by atoms with E-state index in [2.05, 4.69) is 27.2 Å². The maximum absolute atomic E-state index is 12.3. The second-order valence-electron chi connectivity index (χ2n) is 6.49. The number of piperidine rings is 1. The van der Waals surface area contributed by atoms with E-state index in [9.17, 15) is 4.79 Å². The number of nitrogens with zero attached hydrogens (tertiary/aromatic N) is 4. The molecule has 0 bridgehead atoms. The topological polar surface area (TPSA) is 51.0 Å². The van der Waals surface area contributed by atoms with Crippen LogP contribution < -0.4 is 5.56 Å². The van der Waals surface area contributed by atoms with Gasteiger partial charge in [0.2, 0.25) is 0 Å². The van der Waals surface area contributed by atoms with Crippen molar-refractivity contribution < 1.29 is 0 Å². The molecule has 0 atom stereocenters. The Hall–Kier alpha value is -1.53. The van der Waals surface area contributed by atoms with Crippen molar-refractivity contribution in [3.05, 3.63) is 44.0 Å². The lowest BCUT2D eigenvalue weighted by Crippen LogP contribution is -2.36. The molecule has 5 nitrogen and oxygen atoms in total. The van der Waals surface area contributed by atoms with Crippen LogP contribution in [0, 0.1) is 26.7 Å². The zero-order valence-corrected chi connectivity index (χ0v) is 14.9. The Balaban J connectivity index is 1.55. The molecule has 1 saturated heterocycles. The van der Waals surface area contributed by atoms with Crippen molar-refractivity contribution in [3.63, 3.8) is 0 Å². The highest BCUT2D eigenvalue weighted by atomic mass is 32.1. The molecule has 0 unspecified atom stereocenters. The van der Waals surface area contributed by atoms with Gasteiger partial charge in [0.1, 0.15) is 0 Å². The van der Waals surface area contributed by atoms with Crippen LogP contribution in [0.4, 0.5) is 0 Å². The van der Waals surface area contributed by atoms with Crippen molar-refractivity contribution in [1.82, 2.24) is 19.4 Å². The van der Waals surface area contributed by atoms with E-state index >= 15 is 0 Å². The number of rotatable bonds is 4. The monoisotopic (exact) mass is 332 g/mol. The third kappa shape index (κ3) is 3.87. The molecule has 3 rings (SSSR count). The minimum atomic E-state index is 0.109. The summed E-state index contributed by atoms with van der Waals surface area (Å²) in [6, 6.07) is 0. The van der Waals surface area contributed by atoms with Gasteiger partial charge in [0.15, 0.2) is 0 Å². The first-order valence-corrected chi connectivity index (χ1v) is 9.07. The van der Waals surface area contributed by atoms with Crippen LogP contribution >= 0.6 is 11.3 Å². The molecule has 0 aromatic carbocycles. The van der Waals surface area contributed by atoms with Gasteiger partial charge >= 0.3 is 0 Å². The molecule has 6 heteroatoms. The maximum Gasteiger partial charge on any atom is 0.256 e. The molecule has 23 heavy (non-hydrogen) atoms. The number of thiazole rings is 1. The number of aromatic nitrogens is 3. The third-order valence-corrected chi connectivity index (χ3v) is 5.55. The zero-order valence-electron chi connectivity index (χ0n) is 14.1. The van der Waals surface area contributed by atoms with E-state index in [0.717, 1.165) is 55.3 Å². The minimum absolute atomic E-state index is 0.109. The predicted octanol–water partition coefficient (Wildman–Crippen LogP) is 2.54. The van der Waals surface area contributed by atoms with Crippen molar-refractivity contribution >= 4 is 11.3 Å². The molecule has 0 aliphatic carbocycles. The molecule has 0 amide bonds. The SMILES string of the molecule is Cc1nc(CN2CCC(Cn3cnc(C)c(C)c3=O)CC2)cs1. The van der Waals surface area contributed by atoms with Gasteiger partial charge in [-0.15, -0.1) is 11.3 Å². The lowest BCUT2D eigenvalue weighted by Gasteiger charge is -2.31. The first-order valence-electron chi connectivity index (χ1n) is 8.19. The van der Waals surface area contributed by atoms with Crippen LogP contribution in [0.5, 0.6) is 0 Å². The van der Waals surface area contributed by atoms with E-state index in [1.165, 1.54) is 5.69 Å². The van der Waals surface area contributed by atoms with E-state index in [1.807, 2.05) is 13.8 Å². The van der Waals surface area contributed by atoms with E-state index < -0.39 is 0 Å². The van der Waals surface area contributed by atoms with Crippen LogP contribution in [-0.4, -0.2) is 32.5 Å². The summed E-state index contributed by atoms with van der Waals surface area (Å²) in [6.45, 7) is 9.69. The molecule has 0 saturated carbocycles. The molecule has 124 valence electrons. The highest BCUT2D eigenvalue weighted by Gasteiger charge is 2.21. The van der Waals surface area contributed by atoms with Crippen molar-refractivity contribution in [2.24, 2.45) is 5.92 Å². The second-order valence-corrected chi connectivity index (χ2v) is 7.55. The molecule has 1 aliphatic heterocycles. The summed E-state index contributed by atoms with van der Waals surface area (Å²) < 4.78 is 1.78.